The van der Waals surface area contributed by atoms with Crippen LogP contribution in [0.15, 0.2) is 35.1 Å². The quantitative estimate of drug-likeness (QED) is 0.826. The molecule has 0 unspecified atom stereocenters. The summed E-state index contributed by atoms with van der Waals surface area (Å²) in [6.45, 7) is 4.21. The van der Waals surface area contributed by atoms with Gasteiger partial charge >= 0.3 is 4.87 Å². The number of hydrogen-bond acceptors (Lipinski definition) is 2. The number of aromatic nitrogens is 1. The third kappa shape index (κ3) is 2.02. The maximum atomic E-state index is 11.4. The lowest BCUT2D eigenvalue weighted by molar-refractivity contribution is 0.888. The Kier molecular flexibility index (Phi) is 2.73. The van der Waals surface area contributed by atoms with E-state index in [0.717, 1.165) is 16.1 Å². The first-order valence-electron chi connectivity index (χ1n) is 4.97. The number of nitrogens with one attached hydrogen (secondary N) is 1. The van der Waals surface area contributed by atoms with Crippen LogP contribution in [0.5, 0.6) is 0 Å². The molecule has 1 heterocycles. The summed E-state index contributed by atoms with van der Waals surface area (Å²) >= 11 is 1.31. The van der Waals surface area contributed by atoms with Gasteiger partial charge < -0.3 is 4.98 Å². The van der Waals surface area contributed by atoms with E-state index >= 15 is 0 Å². The van der Waals surface area contributed by atoms with Crippen LogP contribution >= 0.6 is 11.3 Å². The van der Waals surface area contributed by atoms with E-state index in [2.05, 4.69) is 18.8 Å². The molecular weight excluding hydrogens is 206 g/mol. The molecule has 0 atom stereocenters. The minimum atomic E-state index is 0.0255. The van der Waals surface area contributed by atoms with Crippen LogP contribution in [0.25, 0.3) is 11.3 Å². The molecule has 0 aliphatic heterocycles. The van der Waals surface area contributed by atoms with Gasteiger partial charge in [-0.15, -0.1) is 0 Å². The van der Waals surface area contributed by atoms with E-state index in [4.69, 9.17) is 0 Å². The first-order chi connectivity index (χ1) is 7.18. The highest BCUT2D eigenvalue weighted by atomic mass is 32.1. The Hall–Kier alpha value is -1.35. The minimum absolute atomic E-state index is 0.0255. The minimum Gasteiger partial charge on any atom is -0.312 e. The summed E-state index contributed by atoms with van der Waals surface area (Å²) in [5.74, 6) is 0.379. The molecule has 1 aromatic carbocycles. The molecule has 0 saturated heterocycles. The molecule has 1 N–H and O–H groups in total. The summed E-state index contributed by atoms with van der Waals surface area (Å²) < 4.78 is 0. The van der Waals surface area contributed by atoms with Gasteiger partial charge in [0.1, 0.15) is 0 Å². The van der Waals surface area contributed by atoms with Crippen LogP contribution in [0.4, 0.5) is 0 Å². The standard InChI is InChI=1S/C12H13NOS/c1-8(2)11-10(13-12(14)15-11)9-6-4-3-5-7-9/h3-8H,1-2H3,(H,13,14). The van der Waals surface area contributed by atoms with Crippen molar-refractivity contribution in [3.63, 3.8) is 0 Å². The Bertz CT molecular complexity index is 496. The zero-order chi connectivity index (χ0) is 10.8. The highest BCUT2D eigenvalue weighted by molar-refractivity contribution is 7.09. The van der Waals surface area contributed by atoms with Gasteiger partial charge in [-0.1, -0.05) is 55.5 Å². The lowest BCUT2D eigenvalue weighted by atomic mass is 10.1. The molecule has 0 fully saturated rings. The van der Waals surface area contributed by atoms with Crippen LogP contribution in [0.1, 0.15) is 24.6 Å². The molecule has 0 aliphatic carbocycles. The van der Waals surface area contributed by atoms with Crippen molar-refractivity contribution in [2.45, 2.75) is 19.8 Å². The van der Waals surface area contributed by atoms with Gasteiger partial charge in [-0.05, 0) is 11.5 Å². The zero-order valence-corrected chi connectivity index (χ0v) is 9.60. The molecule has 1 aromatic heterocycles. The second-order valence-electron chi connectivity index (χ2n) is 3.77. The van der Waals surface area contributed by atoms with Gasteiger partial charge in [0.25, 0.3) is 0 Å². The van der Waals surface area contributed by atoms with Gasteiger partial charge in [-0.2, -0.15) is 0 Å². The van der Waals surface area contributed by atoms with E-state index in [1.54, 1.807) is 0 Å². The van der Waals surface area contributed by atoms with Crippen molar-refractivity contribution in [3.8, 4) is 11.3 Å². The summed E-state index contributed by atoms with van der Waals surface area (Å²) in [7, 11) is 0. The van der Waals surface area contributed by atoms with E-state index in [1.165, 1.54) is 11.3 Å². The Labute approximate surface area is 92.6 Å². The fraction of sp³-hybridized carbons (Fsp3) is 0.250. The van der Waals surface area contributed by atoms with E-state index in [-0.39, 0.29) is 4.87 Å². The lowest BCUT2D eigenvalue weighted by Gasteiger charge is -2.05. The Morgan fingerprint density at radius 2 is 1.87 bits per heavy atom. The number of aromatic amines is 1. The van der Waals surface area contributed by atoms with E-state index in [1.807, 2.05) is 30.3 Å². The average molecular weight is 219 g/mol. The maximum Gasteiger partial charge on any atom is 0.305 e. The second kappa shape index (κ2) is 4.03. The SMILES string of the molecule is CC(C)c1sc(=O)[nH]c1-c1ccccc1. The molecule has 3 heteroatoms. The van der Waals surface area contributed by atoms with Gasteiger partial charge in [0, 0.05) is 4.88 Å². The fourth-order valence-corrected chi connectivity index (χ4v) is 2.43. The second-order valence-corrected chi connectivity index (χ2v) is 4.79. The summed E-state index contributed by atoms with van der Waals surface area (Å²) in [6, 6.07) is 9.97. The largest absolute Gasteiger partial charge is 0.312 e. The number of benzene rings is 1. The Balaban J connectivity index is 2.58. The van der Waals surface area contributed by atoms with Crippen molar-refractivity contribution in [2.24, 2.45) is 0 Å². The molecule has 78 valence electrons. The molecule has 2 aromatic rings. The Morgan fingerprint density at radius 1 is 1.20 bits per heavy atom. The number of rotatable bonds is 2. The molecule has 0 amide bonds. The van der Waals surface area contributed by atoms with Crippen LogP contribution in [-0.4, -0.2) is 4.98 Å². The molecule has 2 nitrogen and oxygen atoms in total. The molecule has 0 aliphatic rings. The normalized spacial score (nSPS) is 10.9. The predicted octanol–water partition coefficient (Wildman–Crippen LogP) is 3.23. The number of H-pyrrole nitrogens is 1. The first kappa shape index (κ1) is 10.2. The fourth-order valence-electron chi connectivity index (χ4n) is 1.57. The van der Waals surface area contributed by atoms with Gasteiger partial charge in [-0.25, -0.2) is 0 Å². The van der Waals surface area contributed by atoms with Crippen LogP contribution in [-0.2, 0) is 0 Å². The molecule has 2 rings (SSSR count). The predicted molar refractivity (Wildman–Crippen MR) is 64.5 cm³/mol. The first-order valence-corrected chi connectivity index (χ1v) is 5.78. The smallest absolute Gasteiger partial charge is 0.305 e. The number of hydrogen-bond donors (Lipinski definition) is 1. The Morgan fingerprint density at radius 3 is 2.47 bits per heavy atom. The highest BCUT2D eigenvalue weighted by Crippen LogP contribution is 2.28. The van der Waals surface area contributed by atoms with E-state index < -0.39 is 0 Å². The van der Waals surface area contributed by atoms with Gasteiger partial charge in [0.15, 0.2) is 0 Å². The van der Waals surface area contributed by atoms with Crippen molar-refractivity contribution in [1.29, 1.82) is 0 Å². The molecular formula is C12H13NOS. The topological polar surface area (TPSA) is 32.9 Å². The monoisotopic (exact) mass is 219 g/mol. The van der Waals surface area contributed by atoms with E-state index in [0.29, 0.717) is 5.92 Å². The lowest BCUT2D eigenvalue weighted by Crippen LogP contribution is -1.92. The van der Waals surface area contributed by atoms with Crippen molar-refractivity contribution in [3.05, 3.63) is 44.9 Å². The van der Waals surface area contributed by atoms with Gasteiger partial charge in [-0.3, -0.25) is 4.79 Å². The summed E-state index contributed by atoms with van der Waals surface area (Å²) in [5, 5.41) is 0. The van der Waals surface area contributed by atoms with Crippen molar-refractivity contribution >= 4 is 11.3 Å². The van der Waals surface area contributed by atoms with Crippen molar-refractivity contribution in [1.82, 2.24) is 4.98 Å². The van der Waals surface area contributed by atoms with Crippen molar-refractivity contribution in [2.75, 3.05) is 0 Å². The average Bonchev–Trinajstić information content (AvgIpc) is 2.62. The van der Waals surface area contributed by atoms with Crippen LogP contribution in [0, 0.1) is 0 Å². The summed E-state index contributed by atoms with van der Waals surface area (Å²) in [4.78, 5) is 15.4. The molecule has 0 saturated carbocycles. The summed E-state index contributed by atoms with van der Waals surface area (Å²) in [5.41, 5.74) is 2.06. The van der Waals surface area contributed by atoms with Crippen molar-refractivity contribution < 1.29 is 0 Å². The maximum absolute atomic E-state index is 11.4. The zero-order valence-electron chi connectivity index (χ0n) is 8.78. The van der Waals surface area contributed by atoms with Crippen LogP contribution in [0.3, 0.4) is 0 Å². The molecule has 15 heavy (non-hydrogen) atoms. The third-order valence-electron chi connectivity index (χ3n) is 2.26. The third-order valence-corrected chi connectivity index (χ3v) is 3.45. The molecule has 0 spiro atoms. The van der Waals surface area contributed by atoms with Crippen LogP contribution < -0.4 is 4.87 Å². The van der Waals surface area contributed by atoms with Crippen LogP contribution in [0.2, 0.25) is 0 Å². The van der Waals surface area contributed by atoms with Gasteiger partial charge in [0.2, 0.25) is 0 Å². The highest BCUT2D eigenvalue weighted by Gasteiger charge is 2.12. The van der Waals surface area contributed by atoms with E-state index in [9.17, 15) is 4.79 Å². The van der Waals surface area contributed by atoms with Gasteiger partial charge in [0.05, 0.1) is 5.69 Å². The number of thiazole rings is 1. The summed E-state index contributed by atoms with van der Waals surface area (Å²) in [6.07, 6.45) is 0. The molecule has 0 bridgehead atoms. The molecule has 0 radical (unpaired) electrons.